The van der Waals surface area contributed by atoms with Crippen LogP contribution in [-0.4, -0.2) is 54.2 Å². The maximum absolute atomic E-state index is 11.7. The molecule has 0 radical (unpaired) electrons. The molecule has 8 nitrogen and oxygen atoms in total. The fourth-order valence-electron chi connectivity index (χ4n) is 1.62. The van der Waals surface area contributed by atoms with Crippen LogP contribution in [0.2, 0.25) is 0 Å². The summed E-state index contributed by atoms with van der Waals surface area (Å²) in [6.45, 7) is 2.98. The molecule has 0 atom stereocenters. The van der Waals surface area contributed by atoms with E-state index in [0.717, 1.165) is 6.42 Å². The predicted molar refractivity (Wildman–Crippen MR) is 70.2 cm³/mol. The monoisotopic (exact) mass is 284 g/mol. The first-order valence-corrected chi connectivity index (χ1v) is 6.40. The van der Waals surface area contributed by atoms with Gasteiger partial charge in [-0.3, -0.25) is 4.79 Å². The quantitative estimate of drug-likeness (QED) is 0.663. The molecule has 8 heteroatoms. The molecule has 0 aliphatic carbocycles. The van der Waals surface area contributed by atoms with Crippen LogP contribution in [0.3, 0.4) is 0 Å². The maximum Gasteiger partial charge on any atom is 0.360 e. The van der Waals surface area contributed by atoms with Gasteiger partial charge in [-0.1, -0.05) is 12.1 Å². The number of aromatic nitrogens is 3. The molecule has 0 aliphatic rings. The van der Waals surface area contributed by atoms with Gasteiger partial charge in [0.1, 0.15) is 6.54 Å². The van der Waals surface area contributed by atoms with Crippen molar-refractivity contribution >= 4 is 11.9 Å². The Hall–Kier alpha value is -1.96. The summed E-state index contributed by atoms with van der Waals surface area (Å²) in [5.74, 6) is -0.747. The van der Waals surface area contributed by atoms with Crippen molar-refractivity contribution in [3.05, 3.63) is 11.4 Å². The highest BCUT2D eigenvalue weighted by molar-refractivity contribution is 5.88. The van der Waals surface area contributed by atoms with Crippen LogP contribution >= 0.6 is 0 Å². The van der Waals surface area contributed by atoms with E-state index in [9.17, 15) is 9.59 Å². The average Bonchev–Trinajstić information content (AvgIpc) is 2.84. The Kier molecular flexibility index (Phi) is 6.65. The molecule has 1 rings (SSSR count). The smallest absolute Gasteiger partial charge is 0.360 e. The molecule has 0 saturated carbocycles. The highest BCUT2D eigenvalue weighted by atomic mass is 16.5. The van der Waals surface area contributed by atoms with Gasteiger partial charge in [0.15, 0.2) is 5.69 Å². The number of ether oxygens (including phenoxy) is 2. The van der Waals surface area contributed by atoms with E-state index in [-0.39, 0.29) is 18.1 Å². The molecule has 112 valence electrons. The van der Waals surface area contributed by atoms with Crippen molar-refractivity contribution in [1.82, 2.24) is 20.3 Å². The van der Waals surface area contributed by atoms with Crippen molar-refractivity contribution in [3.8, 4) is 0 Å². The molecular weight excluding hydrogens is 264 g/mol. The van der Waals surface area contributed by atoms with Gasteiger partial charge in [0, 0.05) is 20.1 Å². The fraction of sp³-hybridized carbons (Fsp3) is 0.667. The number of hydrogen-bond acceptors (Lipinski definition) is 6. The van der Waals surface area contributed by atoms with Crippen LogP contribution < -0.4 is 5.32 Å². The summed E-state index contributed by atoms with van der Waals surface area (Å²) in [4.78, 5) is 23.3. The summed E-state index contributed by atoms with van der Waals surface area (Å²) in [6, 6.07) is 0. The molecule has 1 aromatic rings. The van der Waals surface area contributed by atoms with E-state index in [0.29, 0.717) is 25.3 Å². The molecule has 0 fully saturated rings. The van der Waals surface area contributed by atoms with Gasteiger partial charge in [0.2, 0.25) is 5.91 Å². The van der Waals surface area contributed by atoms with Crippen molar-refractivity contribution in [2.24, 2.45) is 0 Å². The number of esters is 1. The highest BCUT2D eigenvalue weighted by Crippen LogP contribution is 2.08. The van der Waals surface area contributed by atoms with Crippen LogP contribution in [0.25, 0.3) is 0 Å². The Labute approximate surface area is 117 Å². The molecular formula is C12H20N4O4. The number of carbonyl (C=O) groups is 2. The van der Waals surface area contributed by atoms with Crippen LogP contribution in [0, 0.1) is 0 Å². The van der Waals surface area contributed by atoms with Crippen LogP contribution in [0.15, 0.2) is 0 Å². The minimum atomic E-state index is -0.573. The molecule has 0 unspecified atom stereocenters. The fourth-order valence-corrected chi connectivity index (χ4v) is 1.62. The van der Waals surface area contributed by atoms with Gasteiger partial charge in [-0.15, -0.1) is 5.10 Å². The first-order chi connectivity index (χ1) is 9.63. The second kappa shape index (κ2) is 8.26. The summed E-state index contributed by atoms with van der Waals surface area (Å²) >= 11 is 0. The zero-order valence-electron chi connectivity index (χ0n) is 12.0. The zero-order chi connectivity index (χ0) is 15.0. The van der Waals surface area contributed by atoms with E-state index >= 15 is 0 Å². The Morgan fingerprint density at radius 1 is 1.35 bits per heavy atom. The molecule has 1 N–H and O–H groups in total. The normalized spacial score (nSPS) is 10.3. The number of amides is 1. The van der Waals surface area contributed by atoms with Gasteiger partial charge in [0.25, 0.3) is 0 Å². The van der Waals surface area contributed by atoms with Gasteiger partial charge in [-0.05, 0) is 6.42 Å². The third-order valence-corrected chi connectivity index (χ3v) is 2.62. The van der Waals surface area contributed by atoms with Crippen molar-refractivity contribution in [3.63, 3.8) is 0 Å². The molecule has 0 saturated heterocycles. The zero-order valence-corrected chi connectivity index (χ0v) is 12.0. The highest BCUT2D eigenvalue weighted by Gasteiger charge is 2.21. The molecule has 0 aromatic carbocycles. The van der Waals surface area contributed by atoms with E-state index in [1.165, 1.54) is 11.8 Å². The van der Waals surface area contributed by atoms with Crippen LogP contribution in [0.5, 0.6) is 0 Å². The molecule has 1 aromatic heterocycles. The SMILES string of the molecule is CCCNC(=O)Cn1nnc(C(=O)OC)c1CCOC. The van der Waals surface area contributed by atoms with Crippen molar-refractivity contribution in [1.29, 1.82) is 0 Å². The topological polar surface area (TPSA) is 95.3 Å². The number of carbonyl (C=O) groups excluding carboxylic acids is 2. The summed E-state index contributed by atoms with van der Waals surface area (Å²) in [7, 11) is 2.83. The number of methoxy groups -OCH3 is 2. The second-order valence-corrected chi connectivity index (χ2v) is 4.13. The Balaban J connectivity index is 2.86. The molecule has 1 amide bonds. The van der Waals surface area contributed by atoms with E-state index < -0.39 is 5.97 Å². The first kappa shape index (κ1) is 16.1. The number of nitrogens with one attached hydrogen (secondary N) is 1. The van der Waals surface area contributed by atoms with Crippen molar-refractivity contribution in [2.75, 3.05) is 27.4 Å². The average molecular weight is 284 g/mol. The van der Waals surface area contributed by atoms with Gasteiger partial charge in [-0.2, -0.15) is 0 Å². The van der Waals surface area contributed by atoms with E-state index in [4.69, 9.17) is 4.74 Å². The maximum atomic E-state index is 11.7. The van der Waals surface area contributed by atoms with Gasteiger partial charge >= 0.3 is 5.97 Å². The number of nitrogens with zero attached hydrogens (tertiary/aromatic N) is 3. The Morgan fingerprint density at radius 2 is 2.10 bits per heavy atom. The molecule has 0 bridgehead atoms. The summed E-state index contributed by atoms with van der Waals surface area (Å²) in [5, 5.41) is 10.4. The lowest BCUT2D eigenvalue weighted by atomic mass is 10.2. The number of hydrogen-bond donors (Lipinski definition) is 1. The van der Waals surface area contributed by atoms with Gasteiger partial charge in [-0.25, -0.2) is 9.48 Å². The molecule has 20 heavy (non-hydrogen) atoms. The first-order valence-electron chi connectivity index (χ1n) is 6.40. The minimum absolute atomic E-state index is 0.0169. The molecule has 1 heterocycles. The van der Waals surface area contributed by atoms with E-state index in [1.807, 2.05) is 6.92 Å². The van der Waals surface area contributed by atoms with Crippen molar-refractivity contribution in [2.45, 2.75) is 26.3 Å². The Bertz CT molecular complexity index is 458. The summed E-state index contributed by atoms with van der Waals surface area (Å²) in [6.07, 6.45) is 1.28. The lowest BCUT2D eigenvalue weighted by Crippen LogP contribution is -2.29. The summed E-state index contributed by atoms with van der Waals surface area (Å²) < 4.78 is 11.0. The van der Waals surface area contributed by atoms with Gasteiger partial charge in [0.05, 0.1) is 19.4 Å². The second-order valence-electron chi connectivity index (χ2n) is 4.13. The standard InChI is InChI=1S/C12H20N4O4/c1-4-6-13-10(17)8-16-9(5-7-19-2)11(14-15-16)12(18)20-3/h4-8H2,1-3H3,(H,13,17). The lowest BCUT2D eigenvalue weighted by Gasteiger charge is -2.07. The third kappa shape index (κ3) is 4.30. The molecule has 0 aliphatic heterocycles. The van der Waals surface area contributed by atoms with Crippen LogP contribution in [-0.2, 0) is 27.2 Å². The summed E-state index contributed by atoms with van der Waals surface area (Å²) in [5.41, 5.74) is 0.651. The largest absolute Gasteiger partial charge is 0.464 e. The molecule has 0 spiro atoms. The van der Waals surface area contributed by atoms with Gasteiger partial charge < -0.3 is 14.8 Å². The van der Waals surface area contributed by atoms with E-state index in [1.54, 1.807) is 7.11 Å². The van der Waals surface area contributed by atoms with Crippen molar-refractivity contribution < 1.29 is 19.1 Å². The minimum Gasteiger partial charge on any atom is -0.464 e. The lowest BCUT2D eigenvalue weighted by molar-refractivity contribution is -0.121. The van der Waals surface area contributed by atoms with E-state index in [2.05, 4.69) is 20.4 Å². The Morgan fingerprint density at radius 3 is 2.70 bits per heavy atom. The predicted octanol–water partition coefficient (Wildman–Crippen LogP) is -0.220. The number of rotatable bonds is 8. The van der Waals surface area contributed by atoms with Crippen LogP contribution in [0.1, 0.15) is 29.5 Å². The third-order valence-electron chi connectivity index (χ3n) is 2.62. The van der Waals surface area contributed by atoms with Crippen LogP contribution in [0.4, 0.5) is 0 Å².